The van der Waals surface area contributed by atoms with Gasteiger partial charge in [-0.15, -0.1) is 0 Å². The molecule has 2 aromatic heterocycles. The second kappa shape index (κ2) is 11.9. The van der Waals surface area contributed by atoms with Gasteiger partial charge >= 0.3 is 0 Å². The molecule has 0 amide bonds. The van der Waals surface area contributed by atoms with E-state index in [1.54, 1.807) is 24.5 Å². The summed E-state index contributed by atoms with van der Waals surface area (Å²) < 4.78 is 61.0. The van der Waals surface area contributed by atoms with Crippen LogP contribution in [0.3, 0.4) is 0 Å². The van der Waals surface area contributed by atoms with Crippen LogP contribution in [0.4, 0.5) is 26.2 Å². The van der Waals surface area contributed by atoms with Crippen molar-refractivity contribution in [3.63, 3.8) is 0 Å². The quantitative estimate of drug-likeness (QED) is 0.294. The normalized spacial score (nSPS) is 15.8. The van der Waals surface area contributed by atoms with Crippen LogP contribution in [0.15, 0.2) is 42.7 Å². The van der Waals surface area contributed by atoms with Crippen LogP contribution >= 0.6 is 0 Å². The molecule has 1 fully saturated rings. The predicted octanol–water partition coefficient (Wildman–Crippen LogP) is 4.36. The Morgan fingerprint density at radius 2 is 1.95 bits per heavy atom. The lowest BCUT2D eigenvalue weighted by atomic mass is 9.97. The first-order valence-electron chi connectivity index (χ1n) is 13.3. The smallest absolute Gasteiger partial charge is 0.232 e. The Morgan fingerprint density at radius 3 is 2.66 bits per heavy atom. The van der Waals surface area contributed by atoms with Gasteiger partial charge in [0.2, 0.25) is 16.0 Å². The Bertz CT molecular complexity index is 1670. The highest BCUT2D eigenvalue weighted by Crippen LogP contribution is 2.37. The number of anilines is 3. The maximum atomic E-state index is 15.8. The third kappa shape index (κ3) is 6.05. The molecular weight excluding hydrogens is 552 g/mol. The summed E-state index contributed by atoms with van der Waals surface area (Å²) in [7, 11) is -3.91. The summed E-state index contributed by atoms with van der Waals surface area (Å²) in [5.41, 5.74) is 8.41. The van der Waals surface area contributed by atoms with Crippen LogP contribution < -0.4 is 15.4 Å². The van der Waals surface area contributed by atoms with E-state index in [0.29, 0.717) is 54.5 Å². The van der Waals surface area contributed by atoms with Gasteiger partial charge in [0.25, 0.3) is 0 Å². The first-order valence-corrected chi connectivity index (χ1v) is 15.0. The van der Waals surface area contributed by atoms with Gasteiger partial charge in [0.1, 0.15) is 5.82 Å². The monoisotopic (exact) mass is 583 g/mol. The number of rotatable bonds is 9. The highest BCUT2D eigenvalue weighted by Gasteiger charge is 2.25. The van der Waals surface area contributed by atoms with Crippen LogP contribution in [0.2, 0.25) is 0 Å². The van der Waals surface area contributed by atoms with Crippen LogP contribution in [-0.4, -0.2) is 66.6 Å². The first kappa shape index (κ1) is 28.6. The predicted molar refractivity (Wildman–Crippen MR) is 155 cm³/mol. The minimum atomic E-state index is -3.91. The maximum Gasteiger partial charge on any atom is 0.232 e. The zero-order chi connectivity index (χ0) is 29.1. The maximum absolute atomic E-state index is 15.8. The molecule has 0 saturated carbocycles. The van der Waals surface area contributed by atoms with Crippen molar-refractivity contribution in [2.24, 2.45) is 0 Å². The molecule has 1 saturated heterocycles. The number of aryl methyl sites for hydroxylation is 1. The molecule has 2 aromatic carbocycles. The number of nitrogen functional groups attached to an aromatic ring is 1. The molecule has 0 radical (unpaired) electrons. The fourth-order valence-electron chi connectivity index (χ4n) is 4.85. The van der Waals surface area contributed by atoms with Crippen molar-refractivity contribution < 1.29 is 21.9 Å². The number of nitrogens with one attached hydrogen (secondary N) is 1. The van der Waals surface area contributed by atoms with E-state index in [-0.39, 0.29) is 29.7 Å². The molecule has 216 valence electrons. The van der Waals surface area contributed by atoms with Crippen molar-refractivity contribution in [1.82, 2.24) is 19.9 Å². The number of hydrogen-bond donors (Lipinski definition) is 2. The number of hydrogen-bond acceptors (Lipinski definition) is 9. The van der Waals surface area contributed by atoms with Crippen LogP contribution in [0.5, 0.6) is 0 Å². The molecule has 0 spiro atoms. The third-order valence-electron chi connectivity index (χ3n) is 6.93. The summed E-state index contributed by atoms with van der Waals surface area (Å²) >= 11 is 0. The average molecular weight is 584 g/mol. The van der Waals surface area contributed by atoms with Gasteiger partial charge in [-0.3, -0.25) is 9.11 Å². The number of nitrogens with two attached hydrogens (primary N) is 1. The zero-order valence-electron chi connectivity index (χ0n) is 22.8. The number of nitrogens with zero attached hydrogens (tertiary/aromatic N) is 5. The lowest BCUT2D eigenvalue weighted by Crippen LogP contribution is -2.44. The fraction of sp³-hybridized carbons (Fsp3) is 0.357. The Balaban J connectivity index is 1.68. The summed E-state index contributed by atoms with van der Waals surface area (Å²) in [4.78, 5) is 20.1. The lowest BCUT2D eigenvalue weighted by molar-refractivity contribution is 0.0987. The van der Waals surface area contributed by atoms with Crippen LogP contribution in [0, 0.1) is 5.82 Å². The van der Waals surface area contributed by atoms with Gasteiger partial charge in [0.15, 0.2) is 11.6 Å². The summed E-state index contributed by atoms with van der Waals surface area (Å²) in [5, 5.41) is 0.724. The van der Waals surface area contributed by atoms with Crippen LogP contribution in [0.25, 0.3) is 33.4 Å². The molecule has 0 aliphatic carbocycles. The van der Waals surface area contributed by atoms with Crippen molar-refractivity contribution in [3.8, 4) is 22.5 Å². The number of fused-ring (bicyclic) bond motifs is 1. The summed E-state index contributed by atoms with van der Waals surface area (Å²) in [6.07, 6.45) is 3.57. The molecule has 13 heteroatoms. The second-order valence-corrected chi connectivity index (χ2v) is 11.7. The lowest BCUT2D eigenvalue weighted by Gasteiger charge is -2.35. The van der Waals surface area contributed by atoms with E-state index in [1.165, 1.54) is 6.07 Å². The van der Waals surface area contributed by atoms with Gasteiger partial charge in [-0.1, -0.05) is 19.1 Å². The molecule has 3 heterocycles. The van der Waals surface area contributed by atoms with Gasteiger partial charge in [-0.25, -0.2) is 32.7 Å². The van der Waals surface area contributed by atoms with E-state index in [4.69, 9.17) is 20.4 Å². The number of sulfonamides is 1. The van der Waals surface area contributed by atoms with Crippen molar-refractivity contribution >= 4 is 38.4 Å². The van der Waals surface area contributed by atoms with E-state index >= 15 is 4.39 Å². The van der Waals surface area contributed by atoms with Crippen molar-refractivity contribution in [2.45, 2.75) is 32.7 Å². The van der Waals surface area contributed by atoms with Gasteiger partial charge in [0, 0.05) is 29.9 Å². The molecule has 41 heavy (non-hydrogen) atoms. The number of alkyl halides is 1. The van der Waals surface area contributed by atoms with Gasteiger partial charge in [-0.2, -0.15) is 0 Å². The molecule has 5 rings (SSSR count). The topological polar surface area (TPSA) is 136 Å². The van der Waals surface area contributed by atoms with E-state index in [1.807, 2.05) is 26.0 Å². The van der Waals surface area contributed by atoms with Crippen molar-refractivity contribution in [2.75, 3.05) is 47.5 Å². The summed E-state index contributed by atoms with van der Waals surface area (Å²) in [6.45, 7) is 4.89. The molecule has 3 N–H and O–H groups in total. The van der Waals surface area contributed by atoms with E-state index in [2.05, 4.69) is 19.6 Å². The second-order valence-electron chi connectivity index (χ2n) is 9.83. The summed E-state index contributed by atoms with van der Waals surface area (Å²) in [5.74, 6) is 0.0744. The molecular formula is C28H31F2N7O3S. The van der Waals surface area contributed by atoms with Crippen molar-refractivity contribution in [3.05, 3.63) is 54.1 Å². The Morgan fingerprint density at radius 1 is 1.17 bits per heavy atom. The number of morpholine rings is 1. The number of aromatic nitrogens is 4. The molecule has 4 aromatic rings. The molecule has 1 unspecified atom stereocenters. The van der Waals surface area contributed by atoms with Gasteiger partial charge in [-0.05, 0) is 49.1 Å². The Hall–Kier alpha value is -3.97. The summed E-state index contributed by atoms with van der Waals surface area (Å²) in [6, 6.07) is 8.21. The number of ether oxygens (including phenoxy) is 1. The average Bonchev–Trinajstić information content (AvgIpc) is 2.97. The fourth-order valence-corrected chi connectivity index (χ4v) is 5.94. The zero-order valence-corrected chi connectivity index (χ0v) is 23.6. The van der Waals surface area contributed by atoms with Crippen LogP contribution in [-0.2, 0) is 21.2 Å². The van der Waals surface area contributed by atoms with Gasteiger partial charge < -0.3 is 15.4 Å². The third-order valence-corrected chi connectivity index (χ3v) is 8.29. The molecule has 10 nitrogen and oxygen atoms in total. The Labute approximate surface area is 237 Å². The number of benzene rings is 2. The molecule has 1 aliphatic heterocycles. The SMILES string of the molecule is CCc1cc(-c2cccc(NS(=O)(=O)CCCF)c2F)cc2c(N3CCOCC3C)nc(-c3cnc(N)nc3)nc12. The first-order chi connectivity index (χ1) is 19.7. The van der Waals surface area contributed by atoms with E-state index < -0.39 is 28.3 Å². The van der Waals surface area contributed by atoms with E-state index in [0.717, 1.165) is 10.9 Å². The molecule has 1 aliphatic rings. The van der Waals surface area contributed by atoms with Gasteiger partial charge in [0.05, 0.1) is 48.5 Å². The molecule has 1 atom stereocenters. The minimum absolute atomic E-state index is 0.0184. The number of halogens is 2. The standard InChI is InChI=1S/C28H31F2N7O3S/c1-3-18-12-19(21-6-4-7-23(24(21)30)36-41(38,39)11-5-8-29)13-22-25(18)34-26(20-14-32-28(31)33-15-20)35-27(22)37-9-10-40-16-17(37)2/h4,6-7,12-15,17,36H,3,5,8-11,16H2,1-2H3,(H2,31,32,33). The molecule has 0 bridgehead atoms. The largest absolute Gasteiger partial charge is 0.377 e. The highest BCUT2D eigenvalue weighted by molar-refractivity contribution is 7.92. The highest BCUT2D eigenvalue weighted by atomic mass is 32.2. The van der Waals surface area contributed by atoms with Crippen molar-refractivity contribution in [1.29, 1.82) is 0 Å². The van der Waals surface area contributed by atoms with Crippen LogP contribution in [0.1, 0.15) is 25.8 Å². The minimum Gasteiger partial charge on any atom is -0.377 e. The Kier molecular flexibility index (Phi) is 8.27. The van der Waals surface area contributed by atoms with E-state index in [9.17, 15) is 12.8 Å².